The molecule has 1 aliphatic carbocycles. The van der Waals surface area contributed by atoms with Crippen LogP contribution in [0.1, 0.15) is 12.8 Å². The van der Waals surface area contributed by atoms with Gasteiger partial charge in [-0.25, -0.2) is 0 Å². The molecule has 1 aliphatic rings. The summed E-state index contributed by atoms with van der Waals surface area (Å²) in [5.74, 6) is -0.0423. The molecule has 0 atom stereocenters. The van der Waals surface area contributed by atoms with E-state index < -0.39 is 0 Å². The maximum absolute atomic E-state index is 11.5. The third-order valence-corrected chi connectivity index (χ3v) is 2.75. The number of fused-ring (bicyclic) bond motifs is 1. The molecule has 1 aromatic carbocycles. The molecule has 0 saturated heterocycles. The van der Waals surface area contributed by atoms with Gasteiger partial charge in [0.1, 0.15) is 5.52 Å². The number of oxazole rings is 1. The minimum absolute atomic E-state index is 0.0423. The van der Waals surface area contributed by atoms with E-state index >= 15 is 0 Å². The number of hydrogen-bond donors (Lipinski definition) is 3. The highest BCUT2D eigenvalue weighted by atomic mass is 16.4. The van der Waals surface area contributed by atoms with Crippen molar-refractivity contribution in [3.63, 3.8) is 0 Å². The fourth-order valence-electron chi connectivity index (χ4n) is 1.68. The van der Waals surface area contributed by atoms with Crippen molar-refractivity contribution in [2.75, 3.05) is 17.6 Å². The molecule has 0 spiro atoms. The SMILES string of the molecule is Nc1ccc2oc(NCC(=O)NC3CC3)nc2c1. The van der Waals surface area contributed by atoms with Gasteiger partial charge in [-0.15, -0.1) is 0 Å². The lowest BCUT2D eigenvalue weighted by molar-refractivity contribution is -0.119. The van der Waals surface area contributed by atoms with Crippen LogP contribution in [-0.2, 0) is 4.79 Å². The first-order chi connectivity index (χ1) is 8.70. The molecule has 6 heteroatoms. The van der Waals surface area contributed by atoms with Crippen molar-refractivity contribution in [2.45, 2.75) is 18.9 Å². The van der Waals surface area contributed by atoms with E-state index in [4.69, 9.17) is 10.2 Å². The van der Waals surface area contributed by atoms with Gasteiger partial charge in [-0.2, -0.15) is 4.98 Å². The Morgan fingerprint density at radius 1 is 1.50 bits per heavy atom. The van der Waals surface area contributed by atoms with Gasteiger partial charge in [-0.1, -0.05) is 0 Å². The molecule has 1 aromatic heterocycles. The van der Waals surface area contributed by atoms with Crippen LogP contribution in [0, 0.1) is 0 Å². The van der Waals surface area contributed by atoms with Gasteiger partial charge in [-0.05, 0) is 31.0 Å². The molecular weight excluding hydrogens is 232 g/mol. The molecule has 1 saturated carbocycles. The quantitative estimate of drug-likeness (QED) is 0.702. The van der Waals surface area contributed by atoms with E-state index in [1.807, 2.05) is 0 Å². The molecule has 1 amide bonds. The van der Waals surface area contributed by atoms with Crippen molar-refractivity contribution in [3.05, 3.63) is 18.2 Å². The second-order valence-corrected chi connectivity index (χ2v) is 4.44. The van der Waals surface area contributed by atoms with Crippen molar-refractivity contribution in [1.82, 2.24) is 10.3 Å². The Morgan fingerprint density at radius 2 is 2.33 bits per heavy atom. The van der Waals surface area contributed by atoms with Crippen LogP contribution in [0.15, 0.2) is 22.6 Å². The van der Waals surface area contributed by atoms with Crippen LogP contribution >= 0.6 is 0 Å². The molecule has 94 valence electrons. The zero-order valence-electron chi connectivity index (χ0n) is 9.77. The smallest absolute Gasteiger partial charge is 0.296 e. The van der Waals surface area contributed by atoms with E-state index in [-0.39, 0.29) is 12.5 Å². The summed E-state index contributed by atoms with van der Waals surface area (Å²) in [6.45, 7) is 0.165. The molecule has 6 nitrogen and oxygen atoms in total. The highest BCUT2D eigenvalue weighted by Gasteiger charge is 2.23. The summed E-state index contributed by atoms with van der Waals surface area (Å²) in [6.07, 6.45) is 2.15. The molecular formula is C12H14N4O2. The van der Waals surface area contributed by atoms with Crippen molar-refractivity contribution < 1.29 is 9.21 Å². The van der Waals surface area contributed by atoms with Gasteiger partial charge in [-0.3, -0.25) is 4.79 Å². The number of nitrogen functional groups attached to an aromatic ring is 1. The van der Waals surface area contributed by atoms with Gasteiger partial charge < -0.3 is 20.8 Å². The van der Waals surface area contributed by atoms with Gasteiger partial charge in [0.2, 0.25) is 5.91 Å². The zero-order chi connectivity index (χ0) is 12.5. The molecule has 1 fully saturated rings. The third kappa shape index (κ3) is 2.37. The van der Waals surface area contributed by atoms with Gasteiger partial charge in [0.05, 0.1) is 6.54 Å². The van der Waals surface area contributed by atoms with E-state index in [9.17, 15) is 4.79 Å². The van der Waals surface area contributed by atoms with Crippen molar-refractivity contribution in [3.8, 4) is 0 Å². The fraction of sp³-hybridized carbons (Fsp3) is 0.333. The summed E-state index contributed by atoms with van der Waals surface area (Å²) in [6, 6.07) is 5.93. The van der Waals surface area contributed by atoms with Gasteiger partial charge in [0.15, 0.2) is 5.58 Å². The van der Waals surface area contributed by atoms with Crippen LogP contribution in [0.2, 0.25) is 0 Å². The summed E-state index contributed by atoms with van der Waals surface area (Å²) in [5.41, 5.74) is 7.61. The average molecular weight is 246 g/mol. The minimum Gasteiger partial charge on any atom is -0.424 e. The number of carbonyl (C=O) groups is 1. The lowest BCUT2D eigenvalue weighted by Crippen LogP contribution is -2.31. The summed E-state index contributed by atoms with van der Waals surface area (Å²) >= 11 is 0. The average Bonchev–Trinajstić information content (AvgIpc) is 3.04. The van der Waals surface area contributed by atoms with Crippen LogP contribution in [0.25, 0.3) is 11.1 Å². The Hall–Kier alpha value is -2.24. The molecule has 0 aliphatic heterocycles. The highest BCUT2D eigenvalue weighted by Crippen LogP contribution is 2.21. The monoisotopic (exact) mass is 246 g/mol. The number of rotatable bonds is 4. The van der Waals surface area contributed by atoms with Gasteiger partial charge >= 0.3 is 0 Å². The molecule has 0 bridgehead atoms. The number of amides is 1. The molecule has 0 unspecified atom stereocenters. The number of aromatic nitrogens is 1. The summed E-state index contributed by atoms with van der Waals surface area (Å²) in [5, 5.41) is 5.73. The van der Waals surface area contributed by atoms with Crippen LogP contribution in [0.5, 0.6) is 0 Å². The second-order valence-electron chi connectivity index (χ2n) is 4.44. The van der Waals surface area contributed by atoms with E-state index in [0.717, 1.165) is 12.8 Å². The Morgan fingerprint density at radius 3 is 3.11 bits per heavy atom. The minimum atomic E-state index is -0.0423. The molecule has 1 heterocycles. The number of anilines is 2. The van der Waals surface area contributed by atoms with Crippen LogP contribution < -0.4 is 16.4 Å². The van der Waals surface area contributed by atoms with Crippen LogP contribution in [0.3, 0.4) is 0 Å². The molecule has 0 radical (unpaired) electrons. The molecule has 4 N–H and O–H groups in total. The fourth-order valence-corrected chi connectivity index (χ4v) is 1.68. The Labute approximate surface area is 104 Å². The predicted octanol–water partition coefficient (Wildman–Crippen LogP) is 1.10. The normalized spacial score (nSPS) is 14.7. The summed E-state index contributed by atoms with van der Waals surface area (Å²) in [7, 11) is 0. The maximum atomic E-state index is 11.5. The predicted molar refractivity (Wildman–Crippen MR) is 68.1 cm³/mol. The van der Waals surface area contributed by atoms with Crippen molar-refractivity contribution in [2.24, 2.45) is 0 Å². The third-order valence-electron chi connectivity index (χ3n) is 2.75. The Bertz CT molecular complexity index is 589. The van der Waals surface area contributed by atoms with Crippen LogP contribution in [0.4, 0.5) is 11.7 Å². The first-order valence-corrected chi connectivity index (χ1v) is 5.90. The molecule has 18 heavy (non-hydrogen) atoms. The lowest BCUT2D eigenvalue weighted by Gasteiger charge is -2.02. The second kappa shape index (κ2) is 4.21. The molecule has 2 aromatic rings. The van der Waals surface area contributed by atoms with E-state index in [2.05, 4.69) is 15.6 Å². The number of nitrogens with zero attached hydrogens (tertiary/aromatic N) is 1. The largest absolute Gasteiger partial charge is 0.424 e. The standard InChI is InChI=1S/C12H14N4O2/c13-7-1-4-10-9(5-7)16-12(18-10)14-6-11(17)15-8-2-3-8/h1,4-5,8H,2-3,6,13H2,(H,14,16)(H,15,17). The van der Waals surface area contributed by atoms with E-state index in [0.29, 0.717) is 28.8 Å². The van der Waals surface area contributed by atoms with Crippen LogP contribution in [-0.4, -0.2) is 23.5 Å². The number of nitrogens with one attached hydrogen (secondary N) is 2. The zero-order valence-corrected chi connectivity index (χ0v) is 9.77. The van der Waals surface area contributed by atoms with Gasteiger partial charge in [0.25, 0.3) is 6.01 Å². The summed E-state index contributed by atoms with van der Waals surface area (Å²) in [4.78, 5) is 15.7. The number of hydrogen-bond acceptors (Lipinski definition) is 5. The maximum Gasteiger partial charge on any atom is 0.296 e. The lowest BCUT2D eigenvalue weighted by atomic mass is 10.3. The highest BCUT2D eigenvalue weighted by molar-refractivity contribution is 5.82. The Kier molecular flexibility index (Phi) is 2.55. The summed E-state index contributed by atoms with van der Waals surface area (Å²) < 4.78 is 5.44. The Balaban J connectivity index is 1.64. The number of carbonyl (C=O) groups excluding carboxylic acids is 1. The first-order valence-electron chi connectivity index (χ1n) is 5.90. The van der Waals surface area contributed by atoms with Crippen molar-refractivity contribution in [1.29, 1.82) is 0 Å². The van der Waals surface area contributed by atoms with E-state index in [1.165, 1.54) is 0 Å². The molecule has 3 rings (SSSR count). The number of benzene rings is 1. The van der Waals surface area contributed by atoms with Crippen molar-refractivity contribution >= 4 is 28.7 Å². The first kappa shape index (κ1) is 10.9. The number of nitrogens with two attached hydrogens (primary N) is 1. The van der Waals surface area contributed by atoms with E-state index in [1.54, 1.807) is 18.2 Å². The van der Waals surface area contributed by atoms with Gasteiger partial charge in [0, 0.05) is 11.7 Å². The topological polar surface area (TPSA) is 93.2 Å².